The summed E-state index contributed by atoms with van der Waals surface area (Å²) in [5.74, 6) is -1.10. The van der Waals surface area contributed by atoms with Gasteiger partial charge in [-0.3, -0.25) is 0 Å². The van der Waals surface area contributed by atoms with Crippen molar-refractivity contribution in [3.8, 4) is 0 Å². The van der Waals surface area contributed by atoms with E-state index in [1.54, 1.807) is 0 Å². The summed E-state index contributed by atoms with van der Waals surface area (Å²) in [5.41, 5.74) is 1.05. The fourth-order valence-corrected chi connectivity index (χ4v) is 22.3. The fourth-order valence-electron chi connectivity index (χ4n) is 4.76. The van der Waals surface area contributed by atoms with Crippen molar-refractivity contribution in [1.29, 1.82) is 0 Å². The van der Waals surface area contributed by atoms with Crippen LogP contribution in [0.3, 0.4) is 0 Å². The standard InChI is InChI=1S/C27H57O6Si7/c1-17-24-20-18-21-25(26(24)34(31-37(8,9)10)32-38(11,12)13)40(33-39(14,15)16)23-19-22-27(30-40,28-35(2,3)4)29-36(5,6)7/h17-18,20-21H,1,19,22-23H2,2-16H3. The summed E-state index contributed by atoms with van der Waals surface area (Å²) in [6, 6.07) is 7.28. The first-order valence-corrected chi connectivity index (χ1v) is 35.0. The highest BCUT2D eigenvalue weighted by atomic mass is 28.5. The molecule has 1 atom stereocenters. The van der Waals surface area contributed by atoms with E-state index in [0.717, 1.165) is 28.4 Å². The summed E-state index contributed by atoms with van der Waals surface area (Å²) in [7, 11) is -15.1. The van der Waals surface area contributed by atoms with Crippen LogP contribution < -0.4 is 10.4 Å². The molecule has 0 bridgehead atoms. The number of benzene rings is 1. The molecule has 13 heteroatoms. The van der Waals surface area contributed by atoms with Gasteiger partial charge in [0, 0.05) is 11.6 Å². The summed E-state index contributed by atoms with van der Waals surface area (Å²) >= 11 is 0. The Bertz CT molecular complexity index is 987. The second kappa shape index (κ2) is 12.7. The molecular formula is C27H57O6Si7. The van der Waals surface area contributed by atoms with Crippen LogP contribution >= 0.6 is 0 Å². The van der Waals surface area contributed by atoms with Crippen LogP contribution in [-0.4, -0.2) is 65.4 Å². The molecule has 229 valence electrons. The van der Waals surface area contributed by atoms with Crippen LogP contribution in [0.1, 0.15) is 18.4 Å². The number of hydrogen-bond acceptors (Lipinski definition) is 6. The molecule has 1 fully saturated rings. The van der Waals surface area contributed by atoms with Crippen LogP contribution in [0.5, 0.6) is 0 Å². The topological polar surface area (TPSA) is 55.4 Å². The molecule has 1 aromatic carbocycles. The van der Waals surface area contributed by atoms with Crippen molar-refractivity contribution in [3.63, 3.8) is 0 Å². The van der Waals surface area contributed by atoms with Crippen molar-refractivity contribution in [2.75, 3.05) is 0 Å². The summed E-state index contributed by atoms with van der Waals surface area (Å²) in [5, 5.41) is 2.22. The zero-order valence-electron chi connectivity index (χ0n) is 28.1. The summed E-state index contributed by atoms with van der Waals surface area (Å²) in [6.45, 7) is 37.6. The Morgan fingerprint density at radius 2 is 1.27 bits per heavy atom. The average Bonchev–Trinajstić information content (AvgIpc) is 2.66. The highest BCUT2D eigenvalue weighted by Gasteiger charge is 2.58. The molecule has 0 saturated carbocycles. The molecule has 1 aliphatic heterocycles. The summed E-state index contributed by atoms with van der Waals surface area (Å²) < 4.78 is 42.4. The summed E-state index contributed by atoms with van der Waals surface area (Å²) in [4.78, 5) is 0. The van der Waals surface area contributed by atoms with Gasteiger partial charge in [0.2, 0.25) is 0 Å². The molecule has 1 radical (unpaired) electrons. The molecular weight excluding hydrogens is 617 g/mol. The van der Waals surface area contributed by atoms with Gasteiger partial charge in [-0.15, -0.1) is 0 Å². The number of hydrogen-bond donors (Lipinski definition) is 0. The predicted octanol–water partition coefficient (Wildman–Crippen LogP) is 7.40. The summed E-state index contributed by atoms with van der Waals surface area (Å²) in [6.07, 6.45) is 3.56. The van der Waals surface area contributed by atoms with Gasteiger partial charge in [-0.05, 0) is 121 Å². The first-order chi connectivity index (χ1) is 17.8. The molecule has 2 rings (SSSR count). The van der Waals surface area contributed by atoms with Crippen molar-refractivity contribution in [2.45, 2.75) is 123 Å². The maximum atomic E-state index is 7.40. The minimum atomic E-state index is -3.13. The van der Waals surface area contributed by atoms with Crippen molar-refractivity contribution in [1.82, 2.24) is 0 Å². The van der Waals surface area contributed by atoms with Gasteiger partial charge in [0.05, 0.1) is 0 Å². The lowest BCUT2D eigenvalue weighted by Crippen LogP contribution is -2.72. The maximum Gasteiger partial charge on any atom is 0.402 e. The van der Waals surface area contributed by atoms with E-state index in [-0.39, 0.29) is 0 Å². The van der Waals surface area contributed by atoms with Crippen LogP contribution in [0.25, 0.3) is 6.08 Å². The van der Waals surface area contributed by atoms with Gasteiger partial charge in [-0.2, -0.15) is 0 Å². The molecule has 0 amide bonds. The molecule has 1 heterocycles. The van der Waals surface area contributed by atoms with Crippen molar-refractivity contribution >= 4 is 75.9 Å². The van der Waals surface area contributed by atoms with Gasteiger partial charge >= 0.3 is 17.8 Å². The molecule has 0 spiro atoms. The van der Waals surface area contributed by atoms with Crippen LogP contribution in [0.15, 0.2) is 24.8 Å². The third-order valence-electron chi connectivity index (χ3n) is 5.43. The SMILES string of the molecule is C=Cc1cccc([Si]2(O[Si](C)(C)C)CCCC(O[Si](C)(C)C)(O[Si](C)(C)C)O2)c1[Si](O[Si](C)(C)C)O[Si](C)(C)C. The molecule has 1 aromatic rings. The van der Waals surface area contributed by atoms with Crippen molar-refractivity contribution in [2.24, 2.45) is 0 Å². The minimum Gasteiger partial charge on any atom is -0.433 e. The van der Waals surface area contributed by atoms with E-state index in [0.29, 0.717) is 6.42 Å². The Hall–Kier alpha value is 0.238. The monoisotopic (exact) mass is 673 g/mol. The largest absolute Gasteiger partial charge is 0.433 e. The van der Waals surface area contributed by atoms with E-state index in [4.69, 9.17) is 25.6 Å². The van der Waals surface area contributed by atoms with Crippen LogP contribution in [0, 0.1) is 0 Å². The first kappa shape index (κ1) is 36.4. The van der Waals surface area contributed by atoms with Crippen molar-refractivity contribution in [3.05, 3.63) is 30.3 Å². The smallest absolute Gasteiger partial charge is 0.402 e. The molecule has 0 aliphatic carbocycles. The van der Waals surface area contributed by atoms with Crippen LogP contribution in [0.4, 0.5) is 0 Å². The van der Waals surface area contributed by atoms with Gasteiger partial charge in [0.25, 0.3) is 5.97 Å². The Balaban J connectivity index is 2.92. The molecule has 6 nitrogen and oxygen atoms in total. The van der Waals surface area contributed by atoms with Crippen LogP contribution in [-0.2, 0) is 25.6 Å². The third-order valence-corrected chi connectivity index (χ3v) is 21.5. The lowest BCUT2D eigenvalue weighted by Gasteiger charge is -2.52. The van der Waals surface area contributed by atoms with Gasteiger partial charge in [0.15, 0.2) is 41.6 Å². The molecule has 0 N–H and O–H groups in total. The zero-order valence-corrected chi connectivity index (χ0v) is 35.1. The van der Waals surface area contributed by atoms with E-state index in [1.807, 2.05) is 6.08 Å². The van der Waals surface area contributed by atoms with E-state index < -0.39 is 65.4 Å². The first-order valence-electron chi connectivity index (χ1n) is 14.6. The van der Waals surface area contributed by atoms with Gasteiger partial charge in [-0.25, -0.2) is 0 Å². The van der Waals surface area contributed by atoms with E-state index in [2.05, 4.69) is 123 Å². The lowest BCUT2D eigenvalue weighted by atomic mass is 10.2. The fraction of sp³-hybridized carbons (Fsp3) is 0.704. The predicted molar refractivity (Wildman–Crippen MR) is 187 cm³/mol. The Morgan fingerprint density at radius 3 is 1.68 bits per heavy atom. The zero-order chi connectivity index (χ0) is 31.0. The Labute approximate surface area is 253 Å². The quantitative estimate of drug-likeness (QED) is 0.161. The highest BCUT2D eigenvalue weighted by molar-refractivity contribution is 6.95. The lowest BCUT2D eigenvalue weighted by molar-refractivity contribution is -0.284. The average molecular weight is 674 g/mol. The van der Waals surface area contributed by atoms with E-state index in [1.165, 1.54) is 0 Å². The van der Waals surface area contributed by atoms with Crippen molar-refractivity contribution < 1.29 is 25.6 Å². The van der Waals surface area contributed by atoms with Gasteiger partial charge in [0.1, 0.15) is 0 Å². The maximum absolute atomic E-state index is 7.40. The van der Waals surface area contributed by atoms with Gasteiger partial charge in [-0.1, -0.05) is 30.9 Å². The highest BCUT2D eigenvalue weighted by Crippen LogP contribution is 2.41. The Kier molecular flexibility index (Phi) is 11.6. The number of rotatable bonds is 13. The van der Waals surface area contributed by atoms with Crippen LogP contribution in [0.2, 0.25) is 104 Å². The third kappa shape index (κ3) is 11.4. The Morgan fingerprint density at radius 1 is 0.775 bits per heavy atom. The minimum absolute atomic E-state index is 0.705. The second-order valence-corrected chi connectivity index (χ2v) is 43.5. The molecule has 1 unspecified atom stereocenters. The molecule has 1 saturated heterocycles. The molecule has 40 heavy (non-hydrogen) atoms. The van der Waals surface area contributed by atoms with Gasteiger partial charge < -0.3 is 25.6 Å². The van der Waals surface area contributed by atoms with E-state index >= 15 is 0 Å². The second-order valence-electron chi connectivity index (χ2n) is 15.7. The van der Waals surface area contributed by atoms with E-state index in [9.17, 15) is 0 Å². The molecule has 0 aromatic heterocycles. The molecule has 1 aliphatic rings. The normalized spacial score (nSPS) is 21.1.